The SMILES string of the molecule is O=C(O)CCCOC(=O)OC1CCOCC1. The van der Waals surface area contributed by atoms with Gasteiger partial charge in [-0.1, -0.05) is 0 Å². The second kappa shape index (κ2) is 7.05. The van der Waals surface area contributed by atoms with Crippen LogP contribution in [0.3, 0.4) is 0 Å². The summed E-state index contributed by atoms with van der Waals surface area (Å²) in [4.78, 5) is 21.3. The third-order valence-electron chi connectivity index (χ3n) is 2.19. The fourth-order valence-corrected chi connectivity index (χ4v) is 1.34. The molecule has 0 atom stereocenters. The Morgan fingerprint density at radius 3 is 2.62 bits per heavy atom. The fourth-order valence-electron chi connectivity index (χ4n) is 1.34. The molecule has 1 N–H and O–H groups in total. The van der Waals surface area contributed by atoms with E-state index in [9.17, 15) is 9.59 Å². The van der Waals surface area contributed by atoms with Gasteiger partial charge in [0.1, 0.15) is 6.10 Å². The van der Waals surface area contributed by atoms with E-state index in [4.69, 9.17) is 19.3 Å². The maximum atomic E-state index is 11.1. The van der Waals surface area contributed by atoms with Crippen molar-refractivity contribution in [1.82, 2.24) is 0 Å². The van der Waals surface area contributed by atoms with E-state index in [-0.39, 0.29) is 19.1 Å². The Labute approximate surface area is 93.5 Å². The second-order valence-corrected chi connectivity index (χ2v) is 3.53. The zero-order chi connectivity index (χ0) is 11.8. The van der Waals surface area contributed by atoms with Gasteiger partial charge in [0, 0.05) is 19.3 Å². The lowest BCUT2D eigenvalue weighted by Gasteiger charge is -2.21. The minimum Gasteiger partial charge on any atom is -0.481 e. The van der Waals surface area contributed by atoms with Crippen molar-refractivity contribution in [2.45, 2.75) is 31.8 Å². The van der Waals surface area contributed by atoms with Crippen LogP contribution in [-0.4, -0.2) is 43.2 Å². The van der Waals surface area contributed by atoms with Gasteiger partial charge < -0.3 is 19.3 Å². The van der Waals surface area contributed by atoms with Gasteiger partial charge in [-0.3, -0.25) is 4.79 Å². The molecule has 6 heteroatoms. The molecule has 0 bridgehead atoms. The summed E-state index contributed by atoms with van der Waals surface area (Å²) in [5.74, 6) is -0.901. The van der Waals surface area contributed by atoms with Crippen LogP contribution in [0, 0.1) is 0 Å². The molecule has 0 aromatic heterocycles. The Balaban J connectivity index is 2.03. The Kier molecular flexibility index (Phi) is 5.63. The maximum absolute atomic E-state index is 11.1. The minimum atomic E-state index is -0.901. The molecule has 16 heavy (non-hydrogen) atoms. The predicted octanol–water partition coefficient (Wildman–Crippen LogP) is 1.18. The van der Waals surface area contributed by atoms with E-state index in [0.29, 0.717) is 32.5 Å². The van der Waals surface area contributed by atoms with E-state index in [0.717, 1.165) is 0 Å². The molecule has 1 aliphatic rings. The van der Waals surface area contributed by atoms with Gasteiger partial charge in [-0.05, 0) is 6.42 Å². The van der Waals surface area contributed by atoms with E-state index in [2.05, 4.69) is 0 Å². The number of carboxylic acids is 1. The summed E-state index contributed by atoms with van der Waals surface area (Å²) in [7, 11) is 0. The van der Waals surface area contributed by atoms with Gasteiger partial charge >= 0.3 is 12.1 Å². The molecule has 1 heterocycles. The Morgan fingerprint density at radius 2 is 2.00 bits per heavy atom. The van der Waals surface area contributed by atoms with Crippen LogP contribution in [0.1, 0.15) is 25.7 Å². The summed E-state index contributed by atoms with van der Waals surface area (Å²) >= 11 is 0. The highest BCUT2D eigenvalue weighted by Crippen LogP contribution is 2.11. The van der Waals surface area contributed by atoms with E-state index in [1.54, 1.807) is 0 Å². The zero-order valence-corrected chi connectivity index (χ0v) is 9.02. The van der Waals surface area contributed by atoms with Crippen LogP contribution in [0.25, 0.3) is 0 Å². The van der Waals surface area contributed by atoms with Crippen LogP contribution in [0.4, 0.5) is 4.79 Å². The predicted molar refractivity (Wildman–Crippen MR) is 53.1 cm³/mol. The molecule has 1 fully saturated rings. The number of ether oxygens (including phenoxy) is 3. The number of rotatable bonds is 5. The monoisotopic (exact) mass is 232 g/mol. The molecular weight excluding hydrogens is 216 g/mol. The second-order valence-electron chi connectivity index (χ2n) is 3.53. The molecule has 0 unspecified atom stereocenters. The number of hydrogen-bond acceptors (Lipinski definition) is 5. The van der Waals surface area contributed by atoms with Gasteiger partial charge in [0.15, 0.2) is 0 Å². The molecule has 0 spiro atoms. The van der Waals surface area contributed by atoms with Crippen LogP contribution >= 0.6 is 0 Å². The van der Waals surface area contributed by atoms with Crippen molar-refractivity contribution < 1.29 is 28.9 Å². The summed E-state index contributed by atoms with van der Waals surface area (Å²) < 4.78 is 14.8. The average molecular weight is 232 g/mol. The first kappa shape index (κ1) is 12.8. The minimum absolute atomic E-state index is 0.00938. The van der Waals surface area contributed by atoms with Crippen LogP contribution in [0.5, 0.6) is 0 Å². The summed E-state index contributed by atoms with van der Waals surface area (Å²) in [6.45, 7) is 1.27. The van der Waals surface area contributed by atoms with Gasteiger partial charge in [0.2, 0.25) is 0 Å². The smallest absolute Gasteiger partial charge is 0.481 e. The Hall–Kier alpha value is -1.30. The highest BCUT2D eigenvalue weighted by molar-refractivity contribution is 5.66. The van der Waals surface area contributed by atoms with Crippen LogP contribution < -0.4 is 0 Å². The third kappa shape index (κ3) is 5.55. The lowest BCUT2D eigenvalue weighted by Crippen LogP contribution is -2.26. The third-order valence-corrected chi connectivity index (χ3v) is 2.19. The van der Waals surface area contributed by atoms with E-state index in [1.807, 2.05) is 0 Å². The lowest BCUT2D eigenvalue weighted by molar-refractivity contribution is -0.137. The number of carbonyl (C=O) groups excluding carboxylic acids is 1. The van der Waals surface area contributed by atoms with Crippen molar-refractivity contribution >= 4 is 12.1 Å². The number of carbonyl (C=O) groups is 2. The van der Waals surface area contributed by atoms with Crippen LogP contribution in [0.15, 0.2) is 0 Å². The lowest BCUT2D eigenvalue weighted by atomic mass is 10.2. The highest BCUT2D eigenvalue weighted by atomic mass is 16.7. The molecule has 0 aliphatic carbocycles. The van der Waals surface area contributed by atoms with Crippen molar-refractivity contribution in [2.75, 3.05) is 19.8 Å². The first-order valence-electron chi connectivity index (χ1n) is 5.31. The first-order chi connectivity index (χ1) is 7.68. The molecule has 92 valence electrons. The van der Waals surface area contributed by atoms with Gasteiger partial charge in [0.25, 0.3) is 0 Å². The van der Waals surface area contributed by atoms with Crippen molar-refractivity contribution in [3.05, 3.63) is 0 Å². The van der Waals surface area contributed by atoms with Gasteiger partial charge in [-0.25, -0.2) is 4.79 Å². The number of hydrogen-bond donors (Lipinski definition) is 1. The molecule has 1 saturated heterocycles. The van der Waals surface area contributed by atoms with Crippen LogP contribution in [0.2, 0.25) is 0 Å². The molecule has 0 aromatic rings. The van der Waals surface area contributed by atoms with Crippen molar-refractivity contribution in [2.24, 2.45) is 0 Å². The topological polar surface area (TPSA) is 82.1 Å². The van der Waals surface area contributed by atoms with E-state index < -0.39 is 12.1 Å². The fraction of sp³-hybridized carbons (Fsp3) is 0.800. The van der Waals surface area contributed by atoms with Gasteiger partial charge in [-0.15, -0.1) is 0 Å². The molecule has 0 radical (unpaired) electrons. The number of carboxylic acid groups (broad SMARTS) is 1. The highest BCUT2D eigenvalue weighted by Gasteiger charge is 2.18. The average Bonchev–Trinajstić information content (AvgIpc) is 2.25. The summed E-state index contributed by atoms with van der Waals surface area (Å²) in [5.41, 5.74) is 0. The number of aliphatic carboxylic acids is 1. The largest absolute Gasteiger partial charge is 0.508 e. The maximum Gasteiger partial charge on any atom is 0.508 e. The van der Waals surface area contributed by atoms with Crippen molar-refractivity contribution in [1.29, 1.82) is 0 Å². The molecule has 1 aliphatic heterocycles. The van der Waals surface area contributed by atoms with Crippen molar-refractivity contribution in [3.63, 3.8) is 0 Å². The molecule has 0 saturated carbocycles. The van der Waals surface area contributed by atoms with Gasteiger partial charge in [-0.2, -0.15) is 0 Å². The summed E-state index contributed by atoms with van der Waals surface area (Å²) in [5, 5.41) is 8.35. The first-order valence-corrected chi connectivity index (χ1v) is 5.31. The van der Waals surface area contributed by atoms with E-state index in [1.165, 1.54) is 0 Å². The normalized spacial score (nSPS) is 16.8. The summed E-state index contributed by atoms with van der Waals surface area (Å²) in [6.07, 6.45) is 0.801. The molecule has 0 amide bonds. The Morgan fingerprint density at radius 1 is 1.31 bits per heavy atom. The zero-order valence-electron chi connectivity index (χ0n) is 9.02. The summed E-state index contributed by atoms with van der Waals surface area (Å²) in [6, 6.07) is 0. The Bertz CT molecular complexity index is 233. The molecule has 0 aromatic carbocycles. The molecule has 6 nitrogen and oxygen atoms in total. The standard InChI is InChI=1S/C10H16O6/c11-9(12)2-1-5-15-10(13)16-8-3-6-14-7-4-8/h8H,1-7H2,(H,11,12). The quantitative estimate of drug-likeness (QED) is 0.566. The van der Waals surface area contributed by atoms with Crippen LogP contribution in [-0.2, 0) is 19.0 Å². The van der Waals surface area contributed by atoms with Crippen molar-refractivity contribution in [3.8, 4) is 0 Å². The van der Waals surface area contributed by atoms with E-state index >= 15 is 0 Å². The van der Waals surface area contributed by atoms with Gasteiger partial charge in [0.05, 0.1) is 19.8 Å². The molecular formula is C10H16O6. The molecule has 1 rings (SSSR count).